The van der Waals surface area contributed by atoms with Gasteiger partial charge in [0, 0.05) is 35.0 Å². The zero-order valence-electron chi connectivity index (χ0n) is 29.6. The van der Waals surface area contributed by atoms with Gasteiger partial charge in [0.2, 0.25) is 20.0 Å². The first-order valence-electron chi connectivity index (χ1n) is 16.7. The number of carbonyl (C=O) groups is 2. The van der Waals surface area contributed by atoms with Crippen LogP contribution >= 0.6 is 11.8 Å². The Morgan fingerprint density at radius 3 is 1.22 bits per heavy atom. The molecule has 4 aromatic carbocycles. The van der Waals surface area contributed by atoms with Gasteiger partial charge in [-0.1, -0.05) is 99.1 Å². The van der Waals surface area contributed by atoms with Gasteiger partial charge < -0.3 is 10.6 Å². The highest BCUT2D eigenvalue weighted by Crippen LogP contribution is 2.33. The minimum absolute atomic E-state index is 0.00384. The summed E-state index contributed by atoms with van der Waals surface area (Å²) in [7, 11) is -7.57. The molecule has 272 valence electrons. The summed E-state index contributed by atoms with van der Waals surface area (Å²) in [4.78, 5) is 28.9. The van der Waals surface area contributed by atoms with E-state index in [0.29, 0.717) is 20.9 Å². The molecule has 51 heavy (non-hydrogen) atoms. The first-order chi connectivity index (χ1) is 24.1. The number of aryl methyl sites for hydroxylation is 2. The quantitative estimate of drug-likeness (QED) is 0.111. The van der Waals surface area contributed by atoms with Gasteiger partial charge in [-0.3, -0.25) is 9.59 Å². The largest absolute Gasteiger partial charge is 0.348 e. The van der Waals surface area contributed by atoms with Gasteiger partial charge in [-0.25, -0.2) is 26.3 Å². The highest BCUT2D eigenvalue weighted by molar-refractivity contribution is 7.99. The van der Waals surface area contributed by atoms with Crippen LogP contribution in [0.25, 0.3) is 0 Å². The van der Waals surface area contributed by atoms with E-state index in [1.54, 1.807) is 97.1 Å². The normalized spacial score (nSPS) is 13.2. The third-order valence-corrected chi connectivity index (χ3v) is 12.4. The van der Waals surface area contributed by atoms with Crippen LogP contribution in [0.5, 0.6) is 0 Å². The van der Waals surface area contributed by atoms with E-state index in [2.05, 4.69) is 20.1 Å². The average Bonchev–Trinajstić information content (AvgIpc) is 3.09. The summed E-state index contributed by atoms with van der Waals surface area (Å²) in [5.41, 5.74) is 2.63. The number of nitrogens with one attached hydrogen (secondary N) is 4. The highest BCUT2D eigenvalue weighted by atomic mass is 32.2. The topological polar surface area (TPSA) is 151 Å². The van der Waals surface area contributed by atoms with Crippen molar-refractivity contribution in [2.75, 3.05) is 13.1 Å². The molecule has 0 saturated carbocycles. The fourth-order valence-electron chi connectivity index (χ4n) is 5.00. The molecule has 0 unspecified atom stereocenters. The van der Waals surface area contributed by atoms with Crippen LogP contribution in [0.15, 0.2) is 117 Å². The van der Waals surface area contributed by atoms with E-state index in [-0.39, 0.29) is 46.5 Å². The van der Waals surface area contributed by atoms with Gasteiger partial charge in [0.1, 0.15) is 0 Å². The van der Waals surface area contributed by atoms with Crippen molar-refractivity contribution in [3.8, 4) is 0 Å². The number of carbonyl (C=O) groups excluding carboxylic acids is 2. The van der Waals surface area contributed by atoms with E-state index in [1.165, 1.54) is 11.8 Å². The van der Waals surface area contributed by atoms with Crippen LogP contribution in [-0.2, 0) is 20.0 Å². The molecule has 0 aromatic heterocycles. The highest BCUT2D eigenvalue weighted by Gasteiger charge is 2.25. The van der Waals surface area contributed by atoms with Crippen molar-refractivity contribution in [2.45, 2.75) is 73.2 Å². The number of sulfonamides is 2. The summed E-state index contributed by atoms with van der Waals surface area (Å²) in [5, 5.41) is 5.99. The van der Waals surface area contributed by atoms with Crippen LogP contribution in [0.4, 0.5) is 0 Å². The maximum atomic E-state index is 13.7. The molecule has 0 aliphatic rings. The molecule has 0 aliphatic carbocycles. The fraction of sp³-hybridized carbons (Fsp3) is 0.316. The van der Waals surface area contributed by atoms with Crippen LogP contribution in [0, 0.1) is 25.7 Å². The van der Waals surface area contributed by atoms with Crippen LogP contribution in [0.3, 0.4) is 0 Å². The Labute approximate surface area is 306 Å². The second-order valence-corrected chi connectivity index (χ2v) is 17.7. The van der Waals surface area contributed by atoms with Gasteiger partial charge in [-0.2, -0.15) is 0 Å². The number of hydrogen-bond donors (Lipinski definition) is 4. The van der Waals surface area contributed by atoms with Gasteiger partial charge in [0.15, 0.2) is 0 Å². The van der Waals surface area contributed by atoms with E-state index >= 15 is 0 Å². The van der Waals surface area contributed by atoms with Gasteiger partial charge in [-0.05, 0) is 74.2 Å². The molecule has 2 amide bonds. The smallest absolute Gasteiger partial charge is 0.252 e. The molecule has 13 heteroatoms. The third-order valence-electron chi connectivity index (χ3n) is 8.37. The van der Waals surface area contributed by atoms with E-state index in [1.807, 2.05) is 41.5 Å². The summed E-state index contributed by atoms with van der Waals surface area (Å²) in [6.07, 6.45) is 0. The molecular weight excluding hydrogens is 705 g/mol. The summed E-state index contributed by atoms with van der Waals surface area (Å²) in [6, 6.07) is 26.1. The summed E-state index contributed by atoms with van der Waals surface area (Å²) in [5.74, 6) is -0.939. The summed E-state index contributed by atoms with van der Waals surface area (Å²) < 4.78 is 57.0. The Bertz CT molecular complexity index is 1890. The van der Waals surface area contributed by atoms with Gasteiger partial charge in [0.05, 0.1) is 20.9 Å². The van der Waals surface area contributed by atoms with Crippen molar-refractivity contribution >= 4 is 43.6 Å². The van der Waals surface area contributed by atoms with Crippen LogP contribution in [0.2, 0.25) is 0 Å². The molecule has 0 bridgehead atoms. The van der Waals surface area contributed by atoms with Gasteiger partial charge >= 0.3 is 0 Å². The lowest BCUT2D eigenvalue weighted by molar-refractivity contribution is 0.0916. The SMILES string of the molecule is Cc1ccc(S(=O)(=O)NC[C@@H](NC(=O)c2ccccc2Sc2ccccc2C(=O)N[C@H](CNS(=O)(=O)c2ccc(C)cc2)C(C)C)C(C)C)cc1. The van der Waals surface area contributed by atoms with Crippen molar-refractivity contribution in [3.05, 3.63) is 119 Å². The first-order valence-corrected chi connectivity index (χ1v) is 20.5. The molecule has 0 radical (unpaired) electrons. The van der Waals surface area contributed by atoms with Crippen molar-refractivity contribution in [1.82, 2.24) is 20.1 Å². The van der Waals surface area contributed by atoms with Crippen molar-refractivity contribution in [1.29, 1.82) is 0 Å². The standard InChI is InChI=1S/C38H46N4O6S3/c1-25(2)33(23-39-50(45,46)29-19-15-27(5)16-20-29)41-37(43)31-11-7-9-13-35(31)49-36-14-10-8-12-32(36)38(44)42-34(26(3)4)24-40-51(47,48)30-21-17-28(6)18-22-30/h7-22,25-26,33-34,39-40H,23-24H2,1-6H3,(H,41,43)(H,42,44)/t33-,34-/m1/s1. The molecule has 2 atom stereocenters. The molecule has 0 heterocycles. The van der Waals surface area contributed by atoms with E-state index in [0.717, 1.165) is 11.1 Å². The summed E-state index contributed by atoms with van der Waals surface area (Å²) in [6.45, 7) is 11.4. The van der Waals surface area contributed by atoms with Gasteiger partial charge in [-0.15, -0.1) is 0 Å². The number of amides is 2. The minimum atomic E-state index is -3.78. The van der Waals surface area contributed by atoms with E-state index in [4.69, 9.17) is 0 Å². The van der Waals surface area contributed by atoms with Crippen molar-refractivity contribution < 1.29 is 26.4 Å². The lowest BCUT2D eigenvalue weighted by atomic mass is 10.0. The predicted molar refractivity (Wildman–Crippen MR) is 202 cm³/mol. The van der Waals surface area contributed by atoms with Crippen LogP contribution in [0.1, 0.15) is 59.5 Å². The molecule has 0 aliphatic heterocycles. The molecule has 0 fully saturated rings. The van der Waals surface area contributed by atoms with Crippen LogP contribution < -0.4 is 20.1 Å². The van der Waals surface area contributed by atoms with E-state index in [9.17, 15) is 26.4 Å². The fourth-order valence-corrected chi connectivity index (χ4v) is 8.20. The third kappa shape index (κ3) is 11.0. The Kier molecular flexibility index (Phi) is 13.6. The van der Waals surface area contributed by atoms with E-state index < -0.39 is 32.1 Å². The zero-order valence-corrected chi connectivity index (χ0v) is 32.1. The Morgan fingerprint density at radius 2 is 0.882 bits per heavy atom. The average molecular weight is 751 g/mol. The summed E-state index contributed by atoms with van der Waals surface area (Å²) >= 11 is 1.26. The lowest BCUT2D eigenvalue weighted by Gasteiger charge is -2.24. The molecule has 0 saturated heterocycles. The Morgan fingerprint density at radius 1 is 0.549 bits per heavy atom. The number of rotatable bonds is 16. The maximum absolute atomic E-state index is 13.7. The number of benzene rings is 4. The zero-order chi connectivity index (χ0) is 37.3. The van der Waals surface area contributed by atoms with Crippen LogP contribution in [-0.4, -0.2) is 53.8 Å². The first kappa shape index (κ1) is 39.8. The monoisotopic (exact) mass is 750 g/mol. The predicted octanol–water partition coefficient (Wildman–Crippen LogP) is 5.92. The molecule has 0 spiro atoms. The minimum Gasteiger partial charge on any atom is -0.348 e. The molecule has 4 aromatic rings. The maximum Gasteiger partial charge on any atom is 0.252 e. The lowest BCUT2D eigenvalue weighted by Crippen LogP contribution is -2.46. The Hall–Kier alpha value is -4.01. The van der Waals surface area contributed by atoms with Crippen molar-refractivity contribution in [3.63, 3.8) is 0 Å². The molecular formula is C38H46N4O6S3. The van der Waals surface area contributed by atoms with Gasteiger partial charge in [0.25, 0.3) is 11.8 Å². The second kappa shape index (κ2) is 17.5. The van der Waals surface area contributed by atoms with Crippen molar-refractivity contribution in [2.24, 2.45) is 11.8 Å². The molecule has 4 N–H and O–H groups in total. The molecule has 4 rings (SSSR count). The second-order valence-electron chi connectivity index (χ2n) is 13.1. The number of hydrogen-bond acceptors (Lipinski definition) is 7. The molecule has 10 nitrogen and oxygen atoms in total. The Balaban J connectivity index is 1.47.